The van der Waals surface area contributed by atoms with Crippen LogP contribution in [-0.2, 0) is 13.6 Å². The van der Waals surface area contributed by atoms with E-state index in [0.29, 0.717) is 11.1 Å². The second kappa shape index (κ2) is 5.99. The summed E-state index contributed by atoms with van der Waals surface area (Å²) in [6, 6.07) is 10.9. The summed E-state index contributed by atoms with van der Waals surface area (Å²) in [5, 5.41) is 9.66. The number of benzene rings is 1. The molecule has 0 radical (unpaired) electrons. The third-order valence-electron chi connectivity index (χ3n) is 3.92. The van der Waals surface area contributed by atoms with E-state index in [4.69, 9.17) is 12.2 Å². The first-order chi connectivity index (χ1) is 12.0. The van der Waals surface area contributed by atoms with Gasteiger partial charge in [-0.15, -0.1) is 6.42 Å². The van der Waals surface area contributed by atoms with E-state index in [2.05, 4.69) is 10.9 Å². The molecule has 1 aromatic carbocycles. The number of rotatable bonds is 2. The molecule has 0 fully saturated rings. The van der Waals surface area contributed by atoms with Gasteiger partial charge in [0.1, 0.15) is 17.5 Å². The average Bonchev–Trinajstić information content (AvgIpc) is 2.63. The van der Waals surface area contributed by atoms with Crippen molar-refractivity contribution in [3.63, 3.8) is 0 Å². The number of anilines is 1. The topological polar surface area (TPSA) is 107 Å². The summed E-state index contributed by atoms with van der Waals surface area (Å²) < 4.78 is 2.14. The maximum absolute atomic E-state index is 12.9. The van der Waals surface area contributed by atoms with Crippen LogP contribution >= 0.6 is 0 Å². The van der Waals surface area contributed by atoms with Crippen LogP contribution in [0.3, 0.4) is 0 Å². The Balaban J connectivity index is 2.66. The van der Waals surface area contributed by atoms with Crippen LogP contribution in [0.15, 0.2) is 39.9 Å². The van der Waals surface area contributed by atoms with E-state index in [1.54, 1.807) is 24.3 Å². The van der Waals surface area contributed by atoms with E-state index in [1.807, 2.05) is 12.1 Å². The predicted octanol–water partition coefficient (Wildman–Crippen LogP) is 0.849. The molecule has 0 amide bonds. The van der Waals surface area contributed by atoms with Gasteiger partial charge >= 0.3 is 5.69 Å². The van der Waals surface area contributed by atoms with Gasteiger partial charge in [0, 0.05) is 12.6 Å². The first kappa shape index (κ1) is 16.0. The van der Waals surface area contributed by atoms with Crippen molar-refractivity contribution in [1.82, 2.24) is 14.1 Å². The van der Waals surface area contributed by atoms with Crippen LogP contribution in [0.2, 0.25) is 0 Å². The Bertz CT molecular complexity index is 1190. The van der Waals surface area contributed by atoms with Gasteiger partial charge < -0.3 is 5.73 Å². The first-order valence-corrected chi connectivity index (χ1v) is 7.33. The van der Waals surface area contributed by atoms with Crippen LogP contribution in [0.1, 0.15) is 5.56 Å². The highest BCUT2D eigenvalue weighted by Gasteiger charge is 2.21. The van der Waals surface area contributed by atoms with Gasteiger partial charge in [0.25, 0.3) is 5.56 Å². The van der Waals surface area contributed by atoms with Crippen molar-refractivity contribution >= 4 is 16.9 Å². The van der Waals surface area contributed by atoms with Crippen molar-refractivity contribution in [3.8, 4) is 29.5 Å². The molecule has 0 saturated carbocycles. The minimum absolute atomic E-state index is 0.0436. The lowest BCUT2D eigenvalue weighted by molar-refractivity contribution is 0.676. The van der Waals surface area contributed by atoms with Crippen molar-refractivity contribution in [2.75, 3.05) is 5.73 Å². The number of aromatic nitrogens is 3. The highest BCUT2D eigenvalue weighted by atomic mass is 16.2. The number of hydrogen-bond acceptors (Lipinski definition) is 5. The molecule has 0 bridgehead atoms. The van der Waals surface area contributed by atoms with E-state index < -0.39 is 11.2 Å². The molecule has 0 aliphatic carbocycles. The fourth-order valence-corrected chi connectivity index (χ4v) is 2.77. The van der Waals surface area contributed by atoms with Gasteiger partial charge in [-0.3, -0.25) is 9.36 Å². The number of aryl methyl sites for hydroxylation is 1. The molecule has 0 aliphatic rings. The standard InChI is InChI=1S/C18H13N5O2/c1-3-9-23-17(24)14-13(11-7-5-4-6-8-11)12(10-19)15(20)21-16(14)22(2)18(23)25/h1,4-8H,9H2,2H3,(H2,20,21). The number of nitrogens with zero attached hydrogens (tertiary/aromatic N) is 4. The van der Waals surface area contributed by atoms with Crippen molar-refractivity contribution in [2.45, 2.75) is 6.54 Å². The van der Waals surface area contributed by atoms with Crippen molar-refractivity contribution in [1.29, 1.82) is 5.26 Å². The average molecular weight is 331 g/mol. The van der Waals surface area contributed by atoms with Crippen molar-refractivity contribution in [2.24, 2.45) is 7.05 Å². The Kier molecular flexibility index (Phi) is 3.84. The quantitative estimate of drug-likeness (QED) is 0.701. The molecule has 25 heavy (non-hydrogen) atoms. The number of nitriles is 1. The SMILES string of the molecule is C#CCn1c(=O)c2c(-c3ccccc3)c(C#N)c(N)nc2n(C)c1=O. The number of terminal acetylenes is 1. The lowest BCUT2D eigenvalue weighted by Crippen LogP contribution is -2.39. The Morgan fingerprint density at radius 3 is 2.56 bits per heavy atom. The van der Waals surface area contributed by atoms with Crippen molar-refractivity contribution < 1.29 is 0 Å². The number of pyridine rings is 1. The molecule has 3 rings (SSSR count). The van der Waals surface area contributed by atoms with Crippen LogP contribution in [0, 0.1) is 23.7 Å². The molecule has 7 nitrogen and oxygen atoms in total. The largest absolute Gasteiger partial charge is 0.383 e. The molecule has 0 aliphatic heterocycles. The Hall–Kier alpha value is -3.84. The molecule has 3 aromatic rings. The molecular formula is C18H13N5O2. The molecule has 0 atom stereocenters. The second-order valence-electron chi connectivity index (χ2n) is 5.36. The summed E-state index contributed by atoms with van der Waals surface area (Å²) in [5.41, 5.74) is 5.89. The van der Waals surface area contributed by atoms with E-state index in [9.17, 15) is 14.9 Å². The lowest BCUT2D eigenvalue weighted by atomic mass is 9.98. The number of nitrogens with two attached hydrogens (primary N) is 1. The van der Waals surface area contributed by atoms with Crippen LogP contribution < -0.4 is 17.0 Å². The number of fused-ring (bicyclic) bond motifs is 1. The summed E-state index contributed by atoms with van der Waals surface area (Å²) in [4.78, 5) is 29.4. The summed E-state index contributed by atoms with van der Waals surface area (Å²) in [6.07, 6.45) is 5.28. The second-order valence-corrected chi connectivity index (χ2v) is 5.36. The summed E-state index contributed by atoms with van der Waals surface area (Å²) in [7, 11) is 1.48. The zero-order valence-electron chi connectivity index (χ0n) is 13.4. The van der Waals surface area contributed by atoms with Gasteiger partial charge in [0.05, 0.1) is 11.9 Å². The monoisotopic (exact) mass is 331 g/mol. The molecule has 2 aromatic heterocycles. The molecule has 0 unspecified atom stereocenters. The Morgan fingerprint density at radius 1 is 1.28 bits per heavy atom. The smallest absolute Gasteiger partial charge is 0.333 e. The van der Waals surface area contributed by atoms with Crippen LogP contribution in [0.5, 0.6) is 0 Å². The molecule has 0 saturated heterocycles. The van der Waals surface area contributed by atoms with Gasteiger partial charge in [0.15, 0.2) is 5.65 Å². The highest BCUT2D eigenvalue weighted by Crippen LogP contribution is 2.31. The van der Waals surface area contributed by atoms with Crippen LogP contribution in [-0.4, -0.2) is 14.1 Å². The summed E-state index contributed by atoms with van der Waals surface area (Å²) in [5.74, 6) is 2.25. The molecule has 2 N–H and O–H groups in total. The van der Waals surface area contributed by atoms with E-state index in [-0.39, 0.29) is 29.0 Å². The van der Waals surface area contributed by atoms with E-state index >= 15 is 0 Å². The van der Waals surface area contributed by atoms with Crippen LogP contribution in [0.4, 0.5) is 5.82 Å². The highest BCUT2D eigenvalue weighted by molar-refractivity contribution is 5.97. The minimum atomic E-state index is -0.598. The Morgan fingerprint density at radius 2 is 1.96 bits per heavy atom. The number of nitrogen functional groups attached to an aromatic ring is 1. The number of hydrogen-bond donors (Lipinski definition) is 1. The molecule has 2 heterocycles. The maximum atomic E-state index is 12.9. The first-order valence-electron chi connectivity index (χ1n) is 7.33. The lowest BCUT2D eigenvalue weighted by Gasteiger charge is -2.14. The van der Waals surface area contributed by atoms with E-state index in [0.717, 1.165) is 4.57 Å². The third kappa shape index (κ3) is 2.35. The zero-order valence-corrected chi connectivity index (χ0v) is 13.4. The molecule has 122 valence electrons. The van der Waals surface area contributed by atoms with E-state index in [1.165, 1.54) is 11.6 Å². The zero-order chi connectivity index (χ0) is 18.1. The van der Waals surface area contributed by atoms with Gasteiger partial charge in [-0.25, -0.2) is 14.3 Å². The third-order valence-corrected chi connectivity index (χ3v) is 3.92. The predicted molar refractivity (Wildman–Crippen MR) is 94.6 cm³/mol. The molecule has 0 spiro atoms. The normalized spacial score (nSPS) is 10.4. The van der Waals surface area contributed by atoms with Gasteiger partial charge in [-0.05, 0) is 5.56 Å². The van der Waals surface area contributed by atoms with Crippen LogP contribution in [0.25, 0.3) is 22.2 Å². The fraction of sp³-hybridized carbons (Fsp3) is 0.111. The summed E-state index contributed by atoms with van der Waals surface area (Å²) in [6.45, 7) is -0.179. The van der Waals surface area contributed by atoms with Gasteiger partial charge in [-0.1, -0.05) is 36.3 Å². The Labute approximate surface area is 142 Å². The minimum Gasteiger partial charge on any atom is -0.383 e. The fourth-order valence-electron chi connectivity index (χ4n) is 2.77. The summed E-state index contributed by atoms with van der Waals surface area (Å²) >= 11 is 0. The van der Waals surface area contributed by atoms with Crippen molar-refractivity contribution in [3.05, 3.63) is 56.7 Å². The molecular weight excluding hydrogens is 318 g/mol. The van der Waals surface area contributed by atoms with Gasteiger partial charge in [0.2, 0.25) is 0 Å². The van der Waals surface area contributed by atoms with Gasteiger partial charge in [-0.2, -0.15) is 5.26 Å². The maximum Gasteiger partial charge on any atom is 0.333 e. The molecule has 7 heteroatoms.